The van der Waals surface area contributed by atoms with Crippen LogP contribution in [0.25, 0.3) is 0 Å². The summed E-state index contributed by atoms with van der Waals surface area (Å²) in [4.78, 5) is 1.83. The standard InChI is InChI=1S/C17H17F2N3O2S/c18-11-5-4-8-14-15(11)17(21-25(14,23)24)20-13-7-3-6-12(19)16(13)22-9-1-2-10-22/h3-8,17,20-21H,1-2,9-10H2. The van der Waals surface area contributed by atoms with E-state index in [9.17, 15) is 17.2 Å². The smallest absolute Gasteiger partial charge is 0.243 e. The summed E-state index contributed by atoms with van der Waals surface area (Å²) >= 11 is 0. The molecule has 5 nitrogen and oxygen atoms in total. The van der Waals surface area contributed by atoms with Gasteiger partial charge in [0.25, 0.3) is 0 Å². The topological polar surface area (TPSA) is 61.4 Å². The summed E-state index contributed by atoms with van der Waals surface area (Å²) in [7, 11) is -3.80. The molecule has 0 bridgehead atoms. The summed E-state index contributed by atoms with van der Waals surface area (Å²) in [5.41, 5.74) is 0.855. The van der Waals surface area contributed by atoms with Gasteiger partial charge in [-0.15, -0.1) is 0 Å². The van der Waals surface area contributed by atoms with Crippen molar-refractivity contribution in [2.45, 2.75) is 23.9 Å². The Morgan fingerprint density at radius 3 is 2.48 bits per heavy atom. The van der Waals surface area contributed by atoms with Gasteiger partial charge < -0.3 is 10.2 Å². The maximum absolute atomic E-state index is 14.4. The summed E-state index contributed by atoms with van der Waals surface area (Å²) in [6.45, 7) is 1.47. The fourth-order valence-corrected chi connectivity index (χ4v) is 4.84. The Labute approximate surface area is 144 Å². The molecule has 25 heavy (non-hydrogen) atoms. The minimum atomic E-state index is -3.80. The average Bonchev–Trinajstić information content (AvgIpc) is 3.15. The lowest BCUT2D eigenvalue weighted by Gasteiger charge is -2.24. The van der Waals surface area contributed by atoms with Crippen LogP contribution in [0.4, 0.5) is 20.2 Å². The van der Waals surface area contributed by atoms with Crippen LogP contribution in [0.5, 0.6) is 0 Å². The van der Waals surface area contributed by atoms with Gasteiger partial charge in [-0.1, -0.05) is 12.1 Å². The average molecular weight is 365 g/mol. The fraction of sp³-hybridized carbons (Fsp3) is 0.294. The van der Waals surface area contributed by atoms with Gasteiger partial charge in [-0.3, -0.25) is 0 Å². The Kier molecular flexibility index (Phi) is 3.88. The van der Waals surface area contributed by atoms with Crippen LogP contribution in [0.2, 0.25) is 0 Å². The van der Waals surface area contributed by atoms with Crippen molar-refractivity contribution in [1.29, 1.82) is 0 Å². The van der Waals surface area contributed by atoms with Gasteiger partial charge in [-0.2, -0.15) is 4.72 Å². The number of fused-ring (bicyclic) bond motifs is 1. The third-order valence-corrected chi connectivity index (χ3v) is 6.05. The fourth-order valence-electron chi connectivity index (χ4n) is 3.46. The van der Waals surface area contributed by atoms with Crippen molar-refractivity contribution in [2.75, 3.05) is 23.3 Å². The van der Waals surface area contributed by atoms with E-state index in [4.69, 9.17) is 0 Å². The van der Waals surface area contributed by atoms with Crippen molar-refractivity contribution in [1.82, 2.24) is 4.72 Å². The van der Waals surface area contributed by atoms with Crippen LogP contribution in [0.3, 0.4) is 0 Å². The van der Waals surface area contributed by atoms with E-state index in [1.54, 1.807) is 12.1 Å². The van der Waals surface area contributed by atoms with Crippen LogP contribution in [0.15, 0.2) is 41.3 Å². The van der Waals surface area contributed by atoms with Crippen LogP contribution < -0.4 is 14.9 Å². The Hall–Kier alpha value is -2.19. The van der Waals surface area contributed by atoms with E-state index in [1.165, 1.54) is 24.3 Å². The summed E-state index contributed by atoms with van der Waals surface area (Å²) in [5, 5.41) is 2.97. The van der Waals surface area contributed by atoms with E-state index in [2.05, 4.69) is 10.0 Å². The van der Waals surface area contributed by atoms with Gasteiger partial charge in [-0.05, 0) is 37.1 Å². The molecule has 2 N–H and O–H groups in total. The predicted molar refractivity (Wildman–Crippen MR) is 90.9 cm³/mol. The maximum atomic E-state index is 14.4. The lowest BCUT2D eigenvalue weighted by atomic mass is 10.1. The summed E-state index contributed by atoms with van der Waals surface area (Å²) in [6.07, 6.45) is 0.965. The molecule has 2 heterocycles. The molecule has 0 aliphatic carbocycles. The molecule has 8 heteroatoms. The Morgan fingerprint density at radius 2 is 1.72 bits per heavy atom. The van der Waals surface area contributed by atoms with Crippen molar-refractivity contribution >= 4 is 21.4 Å². The van der Waals surface area contributed by atoms with Gasteiger partial charge in [-0.25, -0.2) is 17.2 Å². The number of sulfonamides is 1. The second kappa shape index (κ2) is 5.96. The number of nitrogens with one attached hydrogen (secondary N) is 2. The number of para-hydroxylation sites is 1. The molecule has 132 valence electrons. The van der Waals surface area contributed by atoms with Crippen molar-refractivity contribution in [2.24, 2.45) is 0 Å². The van der Waals surface area contributed by atoms with E-state index in [1.807, 2.05) is 4.90 Å². The molecule has 1 unspecified atom stereocenters. The molecule has 0 spiro atoms. The monoisotopic (exact) mass is 365 g/mol. The number of anilines is 2. The minimum Gasteiger partial charge on any atom is -0.367 e. The molecule has 4 rings (SSSR count). The van der Waals surface area contributed by atoms with Gasteiger partial charge in [0.2, 0.25) is 10.0 Å². The molecule has 2 aliphatic rings. The molecule has 1 saturated heterocycles. The molecular weight excluding hydrogens is 348 g/mol. The first-order valence-electron chi connectivity index (χ1n) is 8.08. The van der Waals surface area contributed by atoms with Crippen LogP contribution in [-0.4, -0.2) is 21.5 Å². The molecule has 0 aromatic heterocycles. The molecule has 1 atom stereocenters. The zero-order valence-corrected chi connectivity index (χ0v) is 14.1. The number of hydrogen-bond acceptors (Lipinski definition) is 4. The third kappa shape index (κ3) is 2.75. The Bertz CT molecular complexity index is 927. The van der Waals surface area contributed by atoms with Gasteiger partial charge in [0.05, 0.1) is 16.3 Å². The van der Waals surface area contributed by atoms with Gasteiger partial charge in [0.15, 0.2) is 0 Å². The van der Waals surface area contributed by atoms with Crippen molar-refractivity contribution in [3.8, 4) is 0 Å². The van der Waals surface area contributed by atoms with E-state index >= 15 is 0 Å². The zero-order chi connectivity index (χ0) is 17.6. The highest BCUT2D eigenvalue weighted by Crippen LogP contribution is 2.37. The summed E-state index contributed by atoms with van der Waals surface area (Å²) < 4.78 is 55.5. The first-order chi connectivity index (χ1) is 12.0. The molecular formula is C17H17F2N3O2S. The normalized spacial score (nSPS) is 21.4. The highest BCUT2D eigenvalue weighted by atomic mass is 32.2. The number of benzene rings is 2. The van der Waals surface area contributed by atoms with Crippen LogP contribution in [0.1, 0.15) is 24.6 Å². The number of hydrogen-bond donors (Lipinski definition) is 2. The first kappa shape index (κ1) is 16.3. The Morgan fingerprint density at radius 1 is 1.04 bits per heavy atom. The number of halogens is 2. The lowest BCUT2D eigenvalue weighted by molar-refractivity contribution is 0.576. The van der Waals surface area contributed by atoms with Crippen molar-refractivity contribution in [3.05, 3.63) is 53.6 Å². The molecule has 0 radical (unpaired) electrons. The molecule has 2 aromatic rings. The van der Waals surface area contributed by atoms with Crippen LogP contribution in [-0.2, 0) is 10.0 Å². The molecule has 2 aromatic carbocycles. The van der Waals surface area contributed by atoms with Gasteiger partial charge in [0.1, 0.15) is 17.8 Å². The largest absolute Gasteiger partial charge is 0.367 e. The lowest BCUT2D eigenvalue weighted by Crippen LogP contribution is -2.28. The second-order valence-electron chi connectivity index (χ2n) is 6.18. The Balaban J connectivity index is 1.75. The minimum absolute atomic E-state index is 0.0270. The SMILES string of the molecule is O=S1(=O)NC(Nc2cccc(F)c2N2CCCC2)c2c(F)cccc21. The van der Waals surface area contributed by atoms with Gasteiger partial charge >= 0.3 is 0 Å². The molecule has 2 aliphatic heterocycles. The van der Waals surface area contributed by atoms with Crippen molar-refractivity contribution in [3.63, 3.8) is 0 Å². The summed E-state index contributed by atoms with van der Waals surface area (Å²) in [6, 6.07) is 8.50. The van der Waals surface area contributed by atoms with Crippen LogP contribution >= 0.6 is 0 Å². The highest BCUT2D eigenvalue weighted by molar-refractivity contribution is 7.89. The van der Waals surface area contributed by atoms with Crippen molar-refractivity contribution < 1.29 is 17.2 Å². The molecule has 1 fully saturated rings. The van der Waals surface area contributed by atoms with E-state index in [-0.39, 0.29) is 16.3 Å². The van der Waals surface area contributed by atoms with Gasteiger partial charge in [0, 0.05) is 18.7 Å². The molecule has 0 amide bonds. The van der Waals surface area contributed by atoms with E-state index in [0.717, 1.165) is 25.9 Å². The summed E-state index contributed by atoms with van der Waals surface area (Å²) in [5.74, 6) is -1.01. The van der Waals surface area contributed by atoms with E-state index < -0.39 is 22.0 Å². The zero-order valence-electron chi connectivity index (χ0n) is 13.3. The number of nitrogens with zero attached hydrogens (tertiary/aromatic N) is 1. The van der Waals surface area contributed by atoms with Crippen LogP contribution in [0, 0.1) is 11.6 Å². The van der Waals surface area contributed by atoms with E-state index in [0.29, 0.717) is 11.4 Å². The number of rotatable bonds is 3. The third-order valence-electron chi connectivity index (χ3n) is 4.57. The highest BCUT2D eigenvalue weighted by Gasteiger charge is 2.37. The second-order valence-corrected chi connectivity index (χ2v) is 7.86. The predicted octanol–water partition coefficient (Wildman–Crippen LogP) is 2.97. The maximum Gasteiger partial charge on any atom is 0.243 e. The first-order valence-corrected chi connectivity index (χ1v) is 9.56. The molecule has 0 saturated carbocycles. The quantitative estimate of drug-likeness (QED) is 0.878.